The maximum absolute atomic E-state index is 14.2. The Balaban J connectivity index is 1.28. The molecule has 0 radical (unpaired) electrons. The molecule has 5 fully saturated rings. The average molecular weight is 613 g/mol. The van der Waals surface area contributed by atoms with Crippen LogP contribution in [0.3, 0.4) is 0 Å². The van der Waals surface area contributed by atoms with E-state index in [0.29, 0.717) is 31.3 Å². The highest BCUT2D eigenvalue weighted by molar-refractivity contribution is 5.90. The third kappa shape index (κ3) is 3.47. The van der Waals surface area contributed by atoms with E-state index in [1.54, 1.807) is 26.4 Å². The maximum Gasteiger partial charge on any atom is 0.334 e. The minimum absolute atomic E-state index is 0.000804. The lowest BCUT2D eigenvalue weighted by Gasteiger charge is -2.64. The first-order valence-corrected chi connectivity index (χ1v) is 15.9. The van der Waals surface area contributed by atoms with E-state index in [1.807, 2.05) is 17.7 Å². The molecule has 6 aliphatic rings. The summed E-state index contributed by atoms with van der Waals surface area (Å²) in [7, 11) is 0. The van der Waals surface area contributed by atoms with Crippen LogP contribution in [-0.2, 0) is 28.6 Å². The monoisotopic (exact) mass is 612 g/mol. The van der Waals surface area contributed by atoms with Gasteiger partial charge in [-0.25, -0.2) is 9.78 Å². The molecule has 240 valence electrons. The quantitative estimate of drug-likeness (QED) is 0.333. The topological polar surface area (TPSA) is 161 Å². The van der Waals surface area contributed by atoms with Crippen molar-refractivity contribution in [1.29, 1.82) is 0 Å². The second-order valence-electron chi connectivity index (χ2n) is 15.0. The average Bonchev–Trinajstić information content (AvgIpc) is 3.29. The summed E-state index contributed by atoms with van der Waals surface area (Å²) < 4.78 is 19.8. The molecule has 3 N–H and O–H groups in total. The highest BCUT2D eigenvalue weighted by atomic mass is 16.6. The minimum atomic E-state index is -1.99. The van der Waals surface area contributed by atoms with Crippen LogP contribution in [0, 0.1) is 22.7 Å². The van der Waals surface area contributed by atoms with E-state index in [2.05, 4.69) is 4.98 Å². The van der Waals surface area contributed by atoms with Gasteiger partial charge in [-0.1, -0.05) is 5.57 Å². The zero-order valence-corrected chi connectivity index (χ0v) is 26.2. The summed E-state index contributed by atoms with van der Waals surface area (Å²) in [5.74, 6) is -1.71. The Morgan fingerprint density at radius 2 is 1.93 bits per heavy atom. The molecule has 0 unspecified atom stereocenters. The van der Waals surface area contributed by atoms with E-state index >= 15 is 0 Å². The number of carbonyl (C=O) groups is 3. The molecule has 1 aromatic rings. The van der Waals surface area contributed by atoms with E-state index in [0.717, 1.165) is 5.57 Å². The molecule has 11 heteroatoms. The predicted molar refractivity (Wildman–Crippen MR) is 154 cm³/mol. The molecule has 7 rings (SSSR count). The molecule has 0 bridgehead atoms. The summed E-state index contributed by atoms with van der Waals surface area (Å²) in [6.45, 7) is 7.89. The molecule has 1 aromatic heterocycles. The van der Waals surface area contributed by atoms with E-state index in [1.165, 1.54) is 13.8 Å². The Morgan fingerprint density at radius 1 is 1.18 bits per heavy atom. The lowest BCUT2D eigenvalue weighted by molar-refractivity contribution is -0.297. The van der Waals surface area contributed by atoms with Crippen LogP contribution >= 0.6 is 0 Å². The number of hydrogen-bond donors (Lipinski definition) is 3. The zero-order chi connectivity index (χ0) is 31.7. The summed E-state index contributed by atoms with van der Waals surface area (Å²) in [5.41, 5.74) is -7.29. The van der Waals surface area contributed by atoms with E-state index < -0.39 is 57.2 Å². The normalized spacial score (nSPS) is 47.5. The number of Topliss-reactive ketones (excluding diaryl/α,β-unsaturated/α-hetero) is 1. The molecule has 3 heterocycles. The predicted octanol–water partition coefficient (Wildman–Crippen LogP) is 2.57. The number of ether oxygens (including phenoxy) is 3. The van der Waals surface area contributed by atoms with Crippen molar-refractivity contribution < 1.29 is 43.9 Å². The van der Waals surface area contributed by atoms with E-state index in [9.17, 15) is 29.7 Å². The fraction of sp³-hybridized carbons (Fsp3) is 0.758. The van der Waals surface area contributed by atoms with Gasteiger partial charge in [0.1, 0.15) is 35.3 Å². The van der Waals surface area contributed by atoms with Gasteiger partial charge in [-0.2, -0.15) is 0 Å². The number of cyclic esters (lactones) is 1. The number of aromatic nitrogens is 2. The van der Waals surface area contributed by atoms with Crippen molar-refractivity contribution in [3.63, 3.8) is 0 Å². The van der Waals surface area contributed by atoms with Crippen LogP contribution in [0.5, 0.6) is 0 Å². The molecule has 1 saturated heterocycles. The summed E-state index contributed by atoms with van der Waals surface area (Å²) in [6, 6.07) is -0.0552. The first-order valence-electron chi connectivity index (χ1n) is 15.9. The molecule has 11 atom stereocenters. The second-order valence-corrected chi connectivity index (χ2v) is 15.0. The SMILES string of the molecule is CC(=O)OC[C@]12CC[C@H]3[C@@H](C[C@H]4O[C@]45C[C@@H](n4ccnc4)CC(=O)[C@]35C)[C@]1(O)CC[C@@]2(O)[C@@](C)(O)[C@H]1CC(C)=C(C)C(=O)O1. The van der Waals surface area contributed by atoms with Crippen molar-refractivity contribution in [2.45, 2.75) is 127 Å². The fourth-order valence-electron chi connectivity index (χ4n) is 10.7. The lowest BCUT2D eigenvalue weighted by atomic mass is 9.41. The number of rotatable bonds is 5. The van der Waals surface area contributed by atoms with Gasteiger partial charge in [-0.05, 0) is 71.6 Å². The van der Waals surface area contributed by atoms with Crippen molar-refractivity contribution >= 4 is 17.7 Å². The third-order valence-corrected chi connectivity index (χ3v) is 13.5. The number of ketones is 1. The molecule has 0 amide bonds. The molecular weight excluding hydrogens is 568 g/mol. The first kappa shape index (κ1) is 30.1. The summed E-state index contributed by atoms with van der Waals surface area (Å²) in [6.07, 6.45) is 6.52. The van der Waals surface area contributed by atoms with Gasteiger partial charge in [-0.3, -0.25) is 9.59 Å². The number of aliphatic hydroxyl groups is 3. The highest BCUT2D eigenvalue weighted by Gasteiger charge is 2.84. The van der Waals surface area contributed by atoms with E-state index in [-0.39, 0.29) is 56.1 Å². The Morgan fingerprint density at radius 3 is 2.59 bits per heavy atom. The van der Waals surface area contributed by atoms with Crippen molar-refractivity contribution in [2.75, 3.05) is 6.61 Å². The van der Waals surface area contributed by atoms with Crippen LogP contribution in [0.2, 0.25) is 0 Å². The van der Waals surface area contributed by atoms with Crippen LogP contribution in [0.4, 0.5) is 0 Å². The Labute approximate surface area is 257 Å². The summed E-state index contributed by atoms with van der Waals surface area (Å²) in [4.78, 5) is 43.3. The third-order valence-electron chi connectivity index (χ3n) is 13.5. The number of imidazole rings is 1. The largest absolute Gasteiger partial charge is 0.465 e. The van der Waals surface area contributed by atoms with Crippen LogP contribution < -0.4 is 0 Å². The van der Waals surface area contributed by atoms with Gasteiger partial charge in [-0.15, -0.1) is 0 Å². The van der Waals surface area contributed by atoms with Crippen LogP contribution in [0.15, 0.2) is 29.9 Å². The van der Waals surface area contributed by atoms with Gasteiger partial charge < -0.3 is 34.1 Å². The van der Waals surface area contributed by atoms with Crippen molar-refractivity contribution in [2.24, 2.45) is 22.7 Å². The zero-order valence-electron chi connectivity index (χ0n) is 26.2. The van der Waals surface area contributed by atoms with Gasteiger partial charge in [0.05, 0.1) is 28.9 Å². The summed E-state index contributed by atoms with van der Waals surface area (Å²) >= 11 is 0. The molecule has 4 saturated carbocycles. The van der Waals surface area contributed by atoms with E-state index in [4.69, 9.17) is 14.2 Å². The number of fused-ring (bicyclic) bond motifs is 4. The Hall–Kier alpha value is -2.60. The van der Waals surface area contributed by atoms with Gasteiger partial charge in [0, 0.05) is 50.2 Å². The summed E-state index contributed by atoms with van der Waals surface area (Å²) in [5, 5.41) is 38.0. The molecule has 4 aliphatic carbocycles. The van der Waals surface area contributed by atoms with Crippen LogP contribution in [-0.4, -0.2) is 83.8 Å². The molecule has 0 aromatic carbocycles. The number of nitrogens with zero attached hydrogens (tertiary/aromatic N) is 2. The molecule has 11 nitrogen and oxygen atoms in total. The maximum atomic E-state index is 14.2. The van der Waals surface area contributed by atoms with Crippen LogP contribution in [0.1, 0.15) is 92.0 Å². The highest BCUT2D eigenvalue weighted by Crippen LogP contribution is 2.76. The molecule has 44 heavy (non-hydrogen) atoms. The number of esters is 2. The minimum Gasteiger partial charge on any atom is -0.465 e. The fourth-order valence-corrected chi connectivity index (χ4v) is 10.7. The molecular formula is C33H44N2O9. The standard InChI is InChI=1S/C33H44N2O9/c1-18-12-25(43-27(38)19(18)2)29(5,39)33(41)9-8-31(40)23-14-26-32(44-26)15-21(35-11-10-34-17-35)13-24(37)28(32,4)22(23)6-7-30(31,33)16-42-20(3)36/h10-11,17,21-23,25-26,39-41H,6-9,12-16H2,1-5H3/t21-,22-,23+,25+,26+,28-,29-,30+,31+,32+,33+/m0/s1. The number of epoxide rings is 1. The van der Waals surface area contributed by atoms with Crippen molar-refractivity contribution in [3.05, 3.63) is 29.9 Å². The van der Waals surface area contributed by atoms with Gasteiger partial charge in [0.25, 0.3) is 0 Å². The van der Waals surface area contributed by atoms with Gasteiger partial charge in [0.15, 0.2) is 0 Å². The Kier molecular flexibility index (Phi) is 6.31. The number of hydrogen-bond acceptors (Lipinski definition) is 10. The smallest absolute Gasteiger partial charge is 0.334 e. The van der Waals surface area contributed by atoms with Gasteiger partial charge >= 0.3 is 11.9 Å². The number of carbonyl (C=O) groups excluding carboxylic acids is 3. The first-order chi connectivity index (χ1) is 20.6. The van der Waals surface area contributed by atoms with Gasteiger partial charge in [0.2, 0.25) is 0 Å². The van der Waals surface area contributed by atoms with Crippen LogP contribution in [0.25, 0.3) is 0 Å². The Bertz CT molecular complexity index is 1450. The molecule has 1 spiro atoms. The molecule has 2 aliphatic heterocycles. The van der Waals surface area contributed by atoms with Crippen molar-refractivity contribution in [1.82, 2.24) is 9.55 Å². The lowest BCUT2D eigenvalue weighted by Crippen LogP contribution is -2.75. The second kappa shape index (κ2) is 9.24. The van der Waals surface area contributed by atoms with Crippen molar-refractivity contribution in [3.8, 4) is 0 Å².